The number of rotatable bonds is 7. The van der Waals surface area contributed by atoms with Gasteiger partial charge in [0.25, 0.3) is 5.69 Å². The number of hydrogen-bond acceptors (Lipinski definition) is 7. The highest BCUT2D eigenvalue weighted by Gasteiger charge is 2.21. The Labute approximate surface area is 164 Å². The largest absolute Gasteiger partial charge is 0.457 e. The number of nitro benzene ring substituents is 2. The zero-order valence-electron chi connectivity index (χ0n) is 14.9. The van der Waals surface area contributed by atoms with Gasteiger partial charge in [0.15, 0.2) is 0 Å². The second kappa shape index (κ2) is 8.61. The lowest BCUT2D eigenvalue weighted by atomic mass is 10.2. The fraction of sp³-hybridized carbons (Fsp3) is 0.0500. The number of esters is 1. The van der Waals surface area contributed by atoms with E-state index < -0.39 is 27.2 Å². The van der Waals surface area contributed by atoms with Gasteiger partial charge >= 0.3 is 11.7 Å². The topological polar surface area (TPSA) is 122 Å². The molecule has 0 heterocycles. The molecule has 146 valence electrons. The van der Waals surface area contributed by atoms with Gasteiger partial charge in [0.05, 0.1) is 21.5 Å². The first-order valence-electron chi connectivity index (χ1n) is 8.36. The van der Waals surface area contributed by atoms with Crippen molar-refractivity contribution in [2.45, 2.75) is 6.61 Å². The number of benzene rings is 3. The van der Waals surface area contributed by atoms with Gasteiger partial charge in [0.1, 0.15) is 12.4 Å². The molecule has 29 heavy (non-hydrogen) atoms. The Morgan fingerprint density at radius 2 is 1.55 bits per heavy atom. The smallest absolute Gasteiger partial charge is 0.338 e. The number of ether oxygens (including phenoxy) is 2. The first-order valence-corrected chi connectivity index (χ1v) is 8.36. The van der Waals surface area contributed by atoms with E-state index in [2.05, 4.69) is 0 Å². The maximum atomic E-state index is 12.1. The Hall–Kier alpha value is -4.27. The standard InChI is InChI=1S/C20H14N2O7/c23-20(28-13-14-4-2-1-3-5-14)15-6-9-17(10-7-15)29-19-11-8-16(21(24)25)12-18(19)22(26)27/h1-12H,13H2. The molecular formula is C20H14N2O7. The van der Waals surface area contributed by atoms with Gasteiger partial charge in [-0.15, -0.1) is 0 Å². The molecule has 9 heteroatoms. The fourth-order valence-corrected chi connectivity index (χ4v) is 2.44. The highest BCUT2D eigenvalue weighted by Crippen LogP contribution is 2.34. The van der Waals surface area contributed by atoms with E-state index in [-0.39, 0.29) is 23.7 Å². The molecule has 0 saturated heterocycles. The van der Waals surface area contributed by atoms with Crippen molar-refractivity contribution in [2.75, 3.05) is 0 Å². The highest BCUT2D eigenvalue weighted by molar-refractivity contribution is 5.89. The zero-order chi connectivity index (χ0) is 20.8. The molecule has 0 aliphatic rings. The summed E-state index contributed by atoms with van der Waals surface area (Å²) in [5.74, 6) is -0.455. The van der Waals surface area contributed by atoms with Crippen LogP contribution in [0.1, 0.15) is 15.9 Å². The summed E-state index contributed by atoms with van der Waals surface area (Å²) in [5.41, 5.74) is 0.184. The number of nitro groups is 2. The van der Waals surface area contributed by atoms with E-state index >= 15 is 0 Å². The van der Waals surface area contributed by atoms with Crippen LogP contribution in [0.2, 0.25) is 0 Å². The van der Waals surface area contributed by atoms with E-state index in [4.69, 9.17) is 9.47 Å². The molecule has 0 N–H and O–H groups in total. The SMILES string of the molecule is O=C(OCc1ccccc1)c1ccc(Oc2ccc([N+](=O)[O-])cc2[N+](=O)[O-])cc1. The van der Waals surface area contributed by atoms with Gasteiger partial charge < -0.3 is 9.47 Å². The number of carbonyl (C=O) groups excluding carboxylic acids is 1. The molecule has 3 rings (SSSR count). The summed E-state index contributed by atoms with van der Waals surface area (Å²) in [6, 6.07) is 18.1. The molecule has 0 amide bonds. The van der Waals surface area contributed by atoms with Crippen LogP contribution in [0.15, 0.2) is 72.8 Å². The first-order chi connectivity index (χ1) is 13.9. The molecular weight excluding hydrogens is 380 g/mol. The average molecular weight is 394 g/mol. The van der Waals surface area contributed by atoms with Crippen LogP contribution >= 0.6 is 0 Å². The third kappa shape index (κ3) is 4.92. The predicted octanol–water partition coefficient (Wildman–Crippen LogP) is 4.65. The van der Waals surface area contributed by atoms with Crippen LogP contribution in [0, 0.1) is 20.2 Å². The molecule has 3 aromatic carbocycles. The molecule has 3 aromatic rings. The van der Waals surface area contributed by atoms with Gasteiger partial charge in [-0.25, -0.2) is 4.79 Å². The van der Waals surface area contributed by atoms with Gasteiger partial charge in [0.2, 0.25) is 5.75 Å². The minimum Gasteiger partial charge on any atom is -0.457 e. The van der Waals surface area contributed by atoms with E-state index in [0.29, 0.717) is 0 Å². The zero-order valence-corrected chi connectivity index (χ0v) is 14.9. The molecule has 0 aliphatic heterocycles. The maximum Gasteiger partial charge on any atom is 0.338 e. The third-order valence-electron chi connectivity index (χ3n) is 3.88. The summed E-state index contributed by atoms with van der Waals surface area (Å²) in [6.07, 6.45) is 0. The molecule has 0 spiro atoms. The van der Waals surface area contributed by atoms with Gasteiger partial charge in [-0.05, 0) is 35.9 Å². The monoisotopic (exact) mass is 394 g/mol. The van der Waals surface area contributed by atoms with Crippen LogP contribution < -0.4 is 4.74 Å². The molecule has 0 aromatic heterocycles. The van der Waals surface area contributed by atoms with Crippen LogP contribution in [-0.4, -0.2) is 15.8 Å². The van der Waals surface area contributed by atoms with Crippen LogP contribution in [0.3, 0.4) is 0 Å². The van der Waals surface area contributed by atoms with E-state index in [1.165, 1.54) is 24.3 Å². The minimum atomic E-state index is -0.766. The van der Waals surface area contributed by atoms with Crippen molar-refractivity contribution in [2.24, 2.45) is 0 Å². The molecule has 0 radical (unpaired) electrons. The molecule has 0 atom stereocenters. The molecule has 0 saturated carbocycles. The second-order valence-corrected chi connectivity index (χ2v) is 5.85. The molecule has 0 bridgehead atoms. The number of nitrogens with zero attached hydrogens (tertiary/aromatic N) is 2. The van der Waals surface area contributed by atoms with Crippen LogP contribution in [0.5, 0.6) is 11.5 Å². The van der Waals surface area contributed by atoms with Crippen molar-refractivity contribution in [3.05, 3.63) is 104 Å². The summed E-state index contributed by atoms with van der Waals surface area (Å²) in [6.45, 7) is 0.132. The normalized spacial score (nSPS) is 10.2. The summed E-state index contributed by atoms with van der Waals surface area (Å²) >= 11 is 0. The van der Waals surface area contributed by atoms with Crippen LogP contribution in [0.4, 0.5) is 11.4 Å². The number of non-ortho nitro benzene ring substituents is 1. The van der Waals surface area contributed by atoms with Crippen molar-refractivity contribution < 1.29 is 24.1 Å². The molecule has 0 unspecified atom stereocenters. The van der Waals surface area contributed by atoms with Crippen LogP contribution in [0.25, 0.3) is 0 Å². The fourth-order valence-electron chi connectivity index (χ4n) is 2.44. The van der Waals surface area contributed by atoms with Crippen molar-refractivity contribution in [1.29, 1.82) is 0 Å². The van der Waals surface area contributed by atoms with Gasteiger partial charge in [0, 0.05) is 6.07 Å². The van der Waals surface area contributed by atoms with Gasteiger partial charge in [-0.3, -0.25) is 20.2 Å². The summed E-state index contributed by atoms with van der Waals surface area (Å²) in [4.78, 5) is 32.6. The Bertz CT molecular complexity index is 1050. The Morgan fingerprint density at radius 1 is 0.862 bits per heavy atom. The highest BCUT2D eigenvalue weighted by atomic mass is 16.6. The first kappa shape index (κ1) is 19.5. The van der Waals surface area contributed by atoms with Crippen molar-refractivity contribution >= 4 is 17.3 Å². The minimum absolute atomic E-state index is 0.132. The van der Waals surface area contributed by atoms with Gasteiger partial charge in [-0.1, -0.05) is 30.3 Å². The lowest BCUT2D eigenvalue weighted by Crippen LogP contribution is -2.05. The van der Waals surface area contributed by atoms with Crippen molar-refractivity contribution in [3.63, 3.8) is 0 Å². The molecule has 0 aliphatic carbocycles. The second-order valence-electron chi connectivity index (χ2n) is 5.85. The average Bonchev–Trinajstić information content (AvgIpc) is 2.73. The van der Waals surface area contributed by atoms with Gasteiger partial charge in [-0.2, -0.15) is 0 Å². The number of carbonyl (C=O) groups is 1. The van der Waals surface area contributed by atoms with E-state index in [9.17, 15) is 25.0 Å². The van der Waals surface area contributed by atoms with E-state index in [1.54, 1.807) is 0 Å². The quantitative estimate of drug-likeness (QED) is 0.325. The van der Waals surface area contributed by atoms with Crippen molar-refractivity contribution in [1.82, 2.24) is 0 Å². The lowest BCUT2D eigenvalue weighted by Gasteiger charge is -2.08. The van der Waals surface area contributed by atoms with E-state index in [1.807, 2.05) is 30.3 Å². The summed E-state index contributed by atoms with van der Waals surface area (Å²) < 4.78 is 10.7. The third-order valence-corrected chi connectivity index (χ3v) is 3.88. The number of hydrogen-bond donors (Lipinski definition) is 0. The summed E-state index contributed by atoms with van der Waals surface area (Å²) in [7, 11) is 0. The summed E-state index contributed by atoms with van der Waals surface area (Å²) in [5, 5.41) is 21.9. The molecule has 9 nitrogen and oxygen atoms in total. The predicted molar refractivity (Wildman–Crippen MR) is 102 cm³/mol. The van der Waals surface area contributed by atoms with Crippen molar-refractivity contribution in [3.8, 4) is 11.5 Å². The van der Waals surface area contributed by atoms with E-state index in [0.717, 1.165) is 23.8 Å². The van der Waals surface area contributed by atoms with Crippen LogP contribution in [-0.2, 0) is 11.3 Å². The Morgan fingerprint density at radius 3 is 2.17 bits per heavy atom. The Balaban J connectivity index is 1.70. The molecule has 0 fully saturated rings. The maximum absolute atomic E-state index is 12.1. The lowest BCUT2D eigenvalue weighted by molar-refractivity contribution is -0.394. The Kier molecular flexibility index (Phi) is 5.79.